The van der Waals surface area contributed by atoms with Crippen molar-refractivity contribution in [1.82, 2.24) is 10.6 Å². The molecule has 2 aliphatic carbocycles. The van der Waals surface area contributed by atoms with E-state index in [2.05, 4.69) is 5.32 Å². The molecule has 2 amide bonds. The van der Waals surface area contributed by atoms with Gasteiger partial charge in [0.2, 0.25) is 5.91 Å². The fraction of sp³-hybridized carbons (Fsp3) is 0.400. The second kappa shape index (κ2) is 9.59. The number of benzene rings is 2. The molecule has 186 valence electrons. The molecule has 0 spiro atoms. The monoisotopic (exact) mass is 490 g/mol. The Bertz CT molecular complexity index is 1080. The zero-order valence-electron chi connectivity index (χ0n) is 18.7. The number of ether oxygens (including phenoxy) is 1. The maximum atomic E-state index is 13.2. The van der Waals surface area contributed by atoms with Crippen molar-refractivity contribution in [2.45, 2.75) is 43.8 Å². The molecule has 1 atom stereocenters. The van der Waals surface area contributed by atoms with E-state index in [9.17, 15) is 27.6 Å². The number of alkyl carbamates (subject to hydrolysis) is 1. The molecule has 0 heterocycles. The highest BCUT2D eigenvalue weighted by atomic mass is 19.4. The first-order valence-corrected chi connectivity index (χ1v) is 11.3. The van der Waals surface area contributed by atoms with Gasteiger partial charge in [-0.25, -0.2) is 4.79 Å². The van der Waals surface area contributed by atoms with Gasteiger partial charge in [-0.1, -0.05) is 55.0 Å². The van der Waals surface area contributed by atoms with E-state index >= 15 is 0 Å². The number of carbonyl (C=O) groups is 3. The molecule has 3 N–H and O–H groups in total. The quantitative estimate of drug-likeness (QED) is 0.514. The molecule has 0 aliphatic heterocycles. The van der Waals surface area contributed by atoms with Crippen LogP contribution in [0, 0.1) is 5.41 Å². The smallest absolute Gasteiger partial charge is 0.409 e. The molecule has 1 saturated carbocycles. The number of aliphatic carboxylic acids is 1. The summed E-state index contributed by atoms with van der Waals surface area (Å²) in [5, 5.41) is 13.1. The highest BCUT2D eigenvalue weighted by Gasteiger charge is 2.49. The zero-order chi connectivity index (χ0) is 25.2. The molecule has 0 radical (unpaired) electrons. The topological polar surface area (TPSA) is 105 Å². The van der Waals surface area contributed by atoms with Gasteiger partial charge in [0.15, 0.2) is 0 Å². The second-order valence-electron chi connectivity index (χ2n) is 8.98. The molecule has 0 saturated heterocycles. The summed E-state index contributed by atoms with van der Waals surface area (Å²) in [4.78, 5) is 35.9. The van der Waals surface area contributed by atoms with Crippen molar-refractivity contribution in [3.63, 3.8) is 0 Å². The molecular weight excluding hydrogens is 465 g/mol. The molecule has 7 nitrogen and oxygen atoms in total. The van der Waals surface area contributed by atoms with E-state index in [0.29, 0.717) is 6.42 Å². The Morgan fingerprint density at radius 1 is 1.03 bits per heavy atom. The molecule has 0 bridgehead atoms. The SMILES string of the molecule is O=C(O)CC(NC(=O)C1(CNC(=O)OCC2c3ccccc3-c3ccccc32)CCC1)C(F)(F)F. The number of alkyl halides is 3. The van der Waals surface area contributed by atoms with Crippen LogP contribution >= 0.6 is 0 Å². The summed E-state index contributed by atoms with van der Waals surface area (Å²) in [5.74, 6) is -2.75. The van der Waals surface area contributed by atoms with Gasteiger partial charge in [0, 0.05) is 12.5 Å². The first kappa shape index (κ1) is 24.6. The van der Waals surface area contributed by atoms with E-state index in [1.807, 2.05) is 53.8 Å². The minimum atomic E-state index is -4.90. The lowest BCUT2D eigenvalue weighted by Gasteiger charge is -2.41. The number of hydrogen-bond acceptors (Lipinski definition) is 4. The van der Waals surface area contributed by atoms with Gasteiger partial charge < -0.3 is 20.5 Å². The molecule has 1 fully saturated rings. The van der Waals surface area contributed by atoms with E-state index in [-0.39, 0.29) is 31.9 Å². The number of carboxylic acids is 1. The molecule has 2 aromatic carbocycles. The minimum Gasteiger partial charge on any atom is -0.481 e. The van der Waals surface area contributed by atoms with Gasteiger partial charge in [0.05, 0.1) is 11.8 Å². The molecule has 10 heteroatoms. The van der Waals surface area contributed by atoms with Crippen LogP contribution in [-0.2, 0) is 14.3 Å². The fourth-order valence-corrected chi connectivity index (χ4v) is 4.71. The summed E-state index contributed by atoms with van der Waals surface area (Å²) < 4.78 is 44.9. The predicted molar refractivity (Wildman–Crippen MR) is 120 cm³/mol. The van der Waals surface area contributed by atoms with E-state index < -0.39 is 42.0 Å². The Morgan fingerprint density at radius 3 is 2.09 bits per heavy atom. The Kier molecular flexibility index (Phi) is 6.73. The van der Waals surface area contributed by atoms with Crippen molar-refractivity contribution < 1.29 is 37.4 Å². The van der Waals surface area contributed by atoms with E-state index in [1.165, 1.54) is 0 Å². The van der Waals surface area contributed by atoms with E-state index in [1.54, 1.807) is 0 Å². The van der Waals surface area contributed by atoms with Gasteiger partial charge in [0.25, 0.3) is 0 Å². The number of rotatable bonds is 8. The van der Waals surface area contributed by atoms with Crippen LogP contribution < -0.4 is 10.6 Å². The molecule has 0 aromatic heterocycles. The Balaban J connectivity index is 1.36. The molecule has 2 aliphatic rings. The Morgan fingerprint density at radius 2 is 1.60 bits per heavy atom. The van der Waals surface area contributed by atoms with E-state index in [0.717, 1.165) is 22.3 Å². The van der Waals surface area contributed by atoms with Gasteiger partial charge in [-0.05, 0) is 35.1 Å². The second-order valence-corrected chi connectivity index (χ2v) is 8.98. The Labute approximate surface area is 199 Å². The van der Waals surface area contributed by atoms with Crippen LogP contribution in [0.2, 0.25) is 0 Å². The fourth-order valence-electron chi connectivity index (χ4n) is 4.71. The third-order valence-electron chi connectivity index (χ3n) is 6.79. The van der Waals surface area contributed by atoms with Crippen molar-refractivity contribution in [2.24, 2.45) is 5.41 Å². The largest absolute Gasteiger partial charge is 0.481 e. The number of fused-ring (bicyclic) bond motifs is 3. The summed E-state index contributed by atoms with van der Waals surface area (Å²) in [7, 11) is 0. The standard InChI is InChI=1S/C25H25F3N2O5/c26-25(27,28)20(12-21(31)32)30-22(33)24(10-5-11-24)14-29-23(34)35-13-19-17-8-3-1-6-15(17)16-7-2-4-9-18(16)19/h1-4,6-9,19-20H,5,10-14H2,(H,29,34)(H,30,33)(H,31,32). The third-order valence-corrected chi connectivity index (χ3v) is 6.79. The van der Waals surface area contributed by atoms with Crippen LogP contribution in [0.3, 0.4) is 0 Å². The van der Waals surface area contributed by atoms with Crippen molar-refractivity contribution in [3.05, 3.63) is 59.7 Å². The average Bonchev–Trinajstić information content (AvgIpc) is 3.09. The van der Waals surface area contributed by atoms with Crippen molar-refractivity contribution in [3.8, 4) is 11.1 Å². The van der Waals surface area contributed by atoms with Gasteiger partial charge in [0.1, 0.15) is 12.6 Å². The number of carbonyl (C=O) groups excluding carboxylic acids is 2. The summed E-state index contributed by atoms with van der Waals surface area (Å²) in [6, 6.07) is 13.2. The number of hydrogen-bond donors (Lipinski definition) is 3. The van der Waals surface area contributed by atoms with Crippen LogP contribution in [0.5, 0.6) is 0 Å². The first-order chi connectivity index (χ1) is 16.6. The van der Waals surface area contributed by atoms with Crippen LogP contribution in [0.4, 0.5) is 18.0 Å². The van der Waals surface area contributed by atoms with Crippen molar-refractivity contribution in [1.29, 1.82) is 0 Å². The lowest BCUT2D eigenvalue weighted by atomic mass is 9.68. The Hall–Kier alpha value is -3.56. The summed E-state index contributed by atoms with van der Waals surface area (Å²) >= 11 is 0. The van der Waals surface area contributed by atoms with Crippen LogP contribution in [0.25, 0.3) is 11.1 Å². The number of amides is 2. The summed E-state index contributed by atoms with van der Waals surface area (Å²) in [5.41, 5.74) is 2.99. The maximum absolute atomic E-state index is 13.2. The predicted octanol–water partition coefficient (Wildman–Crippen LogP) is 4.22. The van der Waals surface area contributed by atoms with Crippen LogP contribution in [-0.4, -0.2) is 48.4 Å². The molecular formula is C25H25F3N2O5. The van der Waals surface area contributed by atoms with E-state index in [4.69, 9.17) is 9.84 Å². The lowest BCUT2D eigenvalue weighted by Crippen LogP contribution is -2.57. The molecule has 35 heavy (non-hydrogen) atoms. The van der Waals surface area contributed by atoms with Crippen molar-refractivity contribution in [2.75, 3.05) is 13.2 Å². The minimum absolute atomic E-state index is 0.0633. The number of carboxylic acid groups (broad SMARTS) is 1. The normalized spacial score (nSPS) is 16.9. The highest BCUT2D eigenvalue weighted by molar-refractivity contribution is 5.85. The summed E-state index contributed by atoms with van der Waals surface area (Å²) in [6.45, 7) is -0.138. The van der Waals surface area contributed by atoms with Gasteiger partial charge >= 0.3 is 18.2 Å². The van der Waals surface area contributed by atoms with Crippen LogP contribution in [0.1, 0.15) is 42.7 Å². The highest BCUT2D eigenvalue weighted by Crippen LogP contribution is 2.44. The maximum Gasteiger partial charge on any atom is 0.409 e. The van der Waals surface area contributed by atoms with Gasteiger partial charge in [-0.15, -0.1) is 0 Å². The molecule has 2 aromatic rings. The van der Waals surface area contributed by atoms with Gasteiger partial charge in [-0.2, -0.15) is 13.2 Å². The lowest BCUT2D eigenvalue weighted by molar-refractivity contribution is -0.173. The van der Waals surface area contributed by atoms with Crippen molar-refractivity contribution >= 4 is 18.0 Å². The summed E-state index contributed by atoms with van der Waals surface area (Å²) in [6.07, 6.45) is -5.79. The zero-order valence-corrected chi connectivity index (χ0v) is 18.7. The van der Waals surface area contributed by atoms with Gasteiger partial charge in [-0.3, -0.25) is 9.59 Å². The number of halogens is 3. The first-order valence-electron chi connectivity index (χ1n) is 11.3. The average molecular weight is 490 g/mol. The third kappa shape index (κ3) is 5.11. The number of nitrogens with one attached hydrogen (secondary N) is 2. The van der Waals surface area contributed by atoms with Crippen LogP contribution in [0.15, 0.2) is 48.5 Å². The molecule has 4 rings (SSSR count). The molecule has 1 unspecified atom stereocenters.